The molecule has 3 nitrogen and oxygen atoms in total. The van der Waals surface area contributed by atoms with Crippen molar-refractivity contribution in [3.8, 4) is 0 Å². The molecule has 0 aromatic heterocycles. The third kappa shape index (κ3) is 4.43. The van der Waals surface area contributed by atoms with Crippen molar-refractivity contribution < 1.29 is 4.79 Å². The van der Waals surface area contributed by atoms with Crippen LogP contribution in [0.15, 0.2) is 59.1 Å². The maximum atomic E-state index is 12.5. The molecule has 1 saturated heterocycles. The van der Waals surface area contributed by atoms with Crippen LogP contribution in [0.5, 0.6) is 0 Å². The summed E-state index contributed by atoms with van der Waals surface area (Å²) in [4.78, 5) is 14.8. The van der Waals surface area contributed by atoms with Crippen LogP contribution in [0.2, 0.25) is 0 Å². The lowest BCUT2D eigenvalue weighted by Gasteiger charge is -2.23. The number of nitrogens with zero attached hydrogens (tertiary/aromatic N) is 1. The Bertz CT molecular complexity index is 659. The minimum atomic E-state index is -0.0117. The molecule has 2 aromatic rings. The zero-order valence-corrected chi connectivity index (χ0v) is 14.6. The maximum absolute atomic E-state index is 12.5. The zero-order chi connectivity index (χ0) is 16.1. The number of benzene rings is 2. The molecule has 1 N–H and O–H groups in total. The molecule has 120 valence electrons. The summed E-state index contributed by atoms with van der Waals surface area (Å²) >= 11 is 3.46. The van der Waals surface area contributed by atoms with Crippen molar-refractivity contribution in [2.24, 2.45) is 0 Å². The number of rotatable bonds is 5. The van der Waals surface area contributed by atoms with Crippen LogP contribution in [0.4, 0.5) is 0 Å². The highest BCUT2D eigenvalue weighted by atomic mass is 79.9. The number of hydrogen-bond acceptors (Lipinski definition) is 2. The first-order valence-corrected chi connectivity index (χ1v) is 8.82. The lowest BCUT2D eigenvalue weighted by Crippen LogP contribution is -2.42. The lowest BCUT2D eigenvalue weighted by molar-refractivity contribution is -0.125. The first kappa shape index (κ1) is 16.2. The van der Waals surface area contributed by atoms with Crippen molar-refractivity contribution in [3.63, 3.8) is 0 Å². The monoisotopic (exact) mass is 372 g/mol. The zero-order valence-electron chi connectivity index (χ0n) is 13.0. The van der Waals surface area contributed by atoms with Crippen molar-refractivity contribution in [2.45, 2.75) is 32.0 Å². The molecule has 1 heterocycles. The Kier molecular flexibility index (Phi) is 5.47. The lowest BCUT2D eigenvalue weighted by atomic mass is 10.1. The van der Waals surface area contributed by atoms with E-state index in [1.807, 2.05) is 42.5 Å². The van der Waals surface area contributed by atoms with Crippen LogP contribution >= 0.6 is 15.9 Å². The summed E-state index contributed by atoms with van der Waals surface area (Å²) in [5.41, 5.74) is 2.37. The SMILES string of the molecule is O=C(NCc1cccc(Br)c1)C1CCCN1Cc1ccccc1. The predicted octanol–water partition coefficient (Wildman–Crippen LogP) is 3.73. The molecule has 2 aromatic carbocycles. The summed E-state index contributed by atoms with van der Waals surface area (Å²) < 4.78 is 1.04. The third-order valence-corrected chi connectivity index (χ3v) is 4.74. The van der Waals surface area contributed by atoms with E-state index in [9.17, 15) is 4.79 Å². The van der Waals surface area contributed by atoms with Gasteiger partial charge in [-0.3, -0.25) is 9.69 Å². The van der Waals surface area contributed by atoms with E-state index in [4.69, 9.17) is 0 Å². The number of carbonyl (C=O) groups is 1. The van der Waals surface area contributed by atoms with Crippen LogP contribution in [-0.4, -0.2) is 23.4 Å². The van der Waals surface area contributed by atoms with Gasteiger partial charge in [0, 0.05) is 17.6 Å². The molecular weight excluding hydrogens is 352 g/mol. The molecule has 1 aliphatic heterocycles. The quantitative estimate of drug-likeness (QED) is 0.866. The van der Waals surface area contributed by atoms with Gasteiger partial charge in [-0.2, -0.15) is 0 Å². The van der Waals surface area contributed by atoms with Crippen LogP contribution in [-0.2, 0) is 17.9 Å². The van der Waals surface area contributed by atoms with Gasteiger partial charge in [0.25, 0.3) is 0 Å². The number of halogens is 1. The van der Waals surface area contributed by atoms with E-state index in [-0.39, 0.29) is 11.9 Å². The number of likely N-dealkylation sites (tertiary alicyclic amines) is 1. The van der Waals surface area contributed by atoms with E-state index in [0.717, 1.165) is 36.0 Å². The highest BCUT2D eigenvalue weighted by molar-refractivity contribution is 9.10. The Balaban J connectivity index is 1.57. The second kappa shape index (κ2) is 7.75. The molecule has 1 aliphatic rings. The Labute approximate surface area is 145 Å². The van der Waals surface area contributed by atoms with E-state index in [2.05, 4.69) is 38.3 Å². The number of nitrogens with one attached hydrogen (secondary N) is 1. The topological polar surface area (TPSA) is 32.3 Å². The van der Waals surface area contributed by atoms with Crippen molar-refractivity contribution in [3.05, 3.63) is 70.2 Å². The van der Waals surface area contributed by atoms with Gasteiger partial charge in [-0.1, -0.05) is 58.4 Å². The van der Waals surface area contributed by atoms with Crippen molar-refractivity contribution in [1.29, 1.82) is 0 Å². The summed E-state index contributed by atoms with van der Waals surface area (Å²) in [5, 5.41) is 3.08. The van der Waals surface area contributed by atoms with Crippen LogP contribution in [0.25, 0.3) is 0 Å². The Morgan fingerprint density at radius 2 is 1.91 bits per heavy atom. The fourth-order valence-electron chi connectivity index (χ4n) is 3.08. The van der Waals surface area contributed by atoms with Gasteiger partial charge >= 0.3 is 0 Å². The Hall–Kier alpha value is -1.65. The molecule has 0 radical (unpaired) electrons. The van der Waals surface area contributed by atoms with Crippen LogP contribution < -0.4 is 5.32 Å². The standard InChI is InChI=1S/C19H21BrN2O/c20-17-9-4-8-16(12-17)13-21-19(23)18-10-5-11-22(18)14-15-6-2-1-3-7-15/h1-4,6-9,12,18H,5,10-11,13-14H2,(H,21,23). The molecular formula is C19H21BrN2O. The van der Waals surface area contributed by atoms with Gasteiger partial charge in [-0.25, -0.2) is 0 Å². The van der Waals surface area contributed by atoms with E-state index < -0.39 is 0 Å². The summed E-state index contributed by atoms with van der Waals surface area (Å²) in [6.45, 7) is 2.41. The van der Waals surface area contributed by atoms with Crippen LogP contribution in [0, 0.1) is 0 Å². The highest BCUT2D eigenvalue weighted by Gasteiger charge is 2.30. The minimum absolute atomic E-state index is 0.0117. The first-order valence-electron chi connectivity index (χ1n) is 8.02. The maximum Gasteiger partial charge on any atom is 0.237 e. The molecule has 1 unspecified atom stereocenters. The molecule has 0 saturated carbocycles. The van der Waals surface area contributed by atoms with Crippen LogP contribution in [0.1, 0.15) is 24.0 Å². The number of amides is 1. The molecule has 23 heavy (non-hydrogen) atoms. The fraction of sp³-hybridized carbons (Fsp3) is 0.316. The van der Waals surface area contributed by atoms with E-state index >= 15 is 0 Å². The molecule has 0 spiro atoms. The molecule has 1 amide bonds. The highest BCUT2D eigenvalue weighted by Crippen LogP contribution is 2.20. The molecule has 1 fully saturated rings. The van der Waals surface area contributed by atoms with Crippen molar-refractivity contribution >= 4 is 21.8 Å². The van der Waals surface area contributed by atoms with E-state index in [1.54, 1.807) is 0 Å². The summed E-state index contributed by atoms with van der Waals surface area (Å²) in [5.74, 6) is 0.137. The summed E-state index contributed by atoms with van der Waals surface area (Å²) in [7, 11) is 0. The normalized spacial score (nSPS) is 18.0. The molecule has 0 aliphatic carbocycles. The van der Waals surface area contributed by atoms with E-state index in [1.165, 1.54) is 5.56 Å². The van der Waals surface area contributed by atoms with Gasteiger partial charge in [-0.15, -0.1) is 0 Å². The predicted molar refractivity (Wildman–Crippen MR) is 95.9 cm³/mol. The van der Waals surface area contributed by atoms with Gasteiger partial charge in [0.2, 0.25) is 5.91 Å². The third-order valence-electron chi connectivity index (χ3n) is 4.25. The molecule has 3 rings (SSSR count). The van der Waals surface area contributed by atoms with Crippen molar-refractivity contribution in [1.82, 2.24) is 10.2 Å². The fourth-order valence-corrected chi connectivity index (χ4v) is 3.53. The second-order valence-electron chi connectivity index (χ2n) is 5.96. The number of carbonyl (C=O) groups excluding carboxylic acids is 1. The van der Waals surface area contributed by atoms with Crippen molar-refractivity contribution in [2.75, 3.05) is 6.54 Å². The average molecular weight is 373 g/mol. The largest absolute Gasteiger partial charge is 0.351 e. The molecule has 1 atom stereocenters. The molecule has 4 heteroatoms. The Morgan fingerprint density at radius 1 is 1.13 bits per heavy atom. The van der Waals surface area contributed by atoms with Gasteiger partial charge in [-0.05, 0) is 42.6 Å². The van der Waals surface area contributed by atoms with Gasteiger partial charge in [0.1, 0.15) is 0 Å². The summed E-state index contributed by atoms with van der Waals surface area (Å²) in [6, 6.07) is 18.4. The number of hydrogen-bond donors (Lipinski definition) is 1. The second-order valence-corrected chi connectivity index (χ2v) is 6.88. The van der Waals surface area contributed by atoms with Crippen LogP contribution in [0.3, 0.4) is 0 Å². The molecule has 0 bridgehead atoms. The van der Waals surface area contributed by atoms with Gasteiger partial charge < -0.3 is 5.32 Å². The first-order chi connectivity index (χ1) is 11.2. The van der Waals surface area contributed by atoms with Gasteiger partial charge in [0.15, 0.2) is 0 Å². The van der Waals surface area contributed by atoms with Gasteiger partial charge in [0.05, 0.1) is 6.04 Å². The average Bonchev–Trinajstić information content (AvgIpc) is 3.02. The smallest absolute Gasteiger partial charge is 0.237 e. The van der Waals surface area contributed by atoms with E-state index in [0.29, 0.717) is 6.54 Å². The minimum Gasteiger partial charge on any atom is -0.351 e. The Morgan fingerprint density at radius 3 is 2.70 bits per heavy atom. The summed E-state index contributed by atoms with van der Waals surface area (Å²) in [6.07, 6.45) is 2.03.